The van der Waals surface area contributed by atoms with E-state index in [2.05, 4.69) is 4.74 Å². The molecule has 0 spiro atoms. The van der Waals surface area contributed by atoms with Crippen LogP contribution in [0.4, 0.5) is 43.4 Å². The van der Waals surface area contributed by atoms with Crippen LogP contribution in [0.1, 0.15) is 15.9 Å². The Morgan fingerprint density at radius 1 is 0.900 bits per heavy atom. The fraction of sp³-hybridized carbons (Fsp3) is 0.133. The molecule has 30 heavy (non-hydrogen) atoms. The minimum Gasteiger partial charge on any atom is -0.406 e. The van der Waals surface area contributed by atoms with E-state index in [-0.39, 0.29) is 12.1 Å². The number of amides is 1. The van der Waals surface area contributed by atoms with Gasteiger partial charge in [0.2, 0.25) is 0 Å². The molecule has 9 nitrogen and oxygen atoms in total. The Labute approximate surface area is 161 Å². The van der Waals surface area contributed by atoms with Crippen molar-refractivity contribution < 1.29 is 45.7 Å². The molecule has 1 amide bonds. The largest absolute Gasteiger partial charge is 0.573 e. The third-order valence-electron chi connectivity index (χ3n) is 3.41. The maximum Gasteiger partial charge on any atom is 0.573 e. The zero-order valence-electron chi connectivity index (χ0n) is 14.1. The van der Waals surface area contributed by atoms with Crippen molar-refractivity contribution in [1.29, 1.82) is 0 Å². The van der Waals surface area contributed by atoms with Crippen LogP contribution in [0.2, 0.25) is 0 Å². The highest BCUT2D eigenvalue weighted by atomic mass is 19.4. The molecule has 0 heterocycles. The molecule has 15 heteroatoms. The number of hydrogen-bond acceptors (Lipinski definition) is 6. The molecule has 160 valence electrons. The van der Waals surface area contributed by atoms with Crippen LogP contribution in [0.3, 0.4) is 0 Å². The number of nitro benzene ring substituents is 2. The van der Waals surface area contributed by atoms with Crippen LogP contribution in [-0.4, -0.2) is 22.1 Å². The molecule has 2 rings (SSSR count). The second-order valence-electron chi connectivity index (χ2n) is 5.43. The van der Waals surface area contributed by atoms with Crippen LogP contribution in [0.15, 0.2) is 36.4 Å². The molecule has 0 unspecified atom stereocenters. The van der Waals surface area contributed by atoms with Gasteiger partial charge in [0.1, 0.15) is 5.75 Å². The van der Waals surface area contributed by atoms with Gasteiger partial charge in [0, 0.05) is 17.7 Å². The minimum atomic E-state index is -5.15. The molecule has 0 aliphatic rings. The molecular formula is C15H7F6N3O6. The maximum absolute atomic E-state index is 12.9. The first-order chi connectivity index (χ1) is 13.7. The van der Waals surface area contributed by atoms with Crippen LogP contribution in [-0.2, 0) is 6.18 Å². The quantitative estimate of drug-likeness (QED) is 0.410. The Morgan fingerprint density at radius 2 is 1.37 bits per heavy atom. The zero-order chi connectivity index (χ0) is 22.9. The molecule has 0 aromatic heterocycles. The number of carbonyl (C=O) groups excluding carboxylic acids is 1. The van der Waals surface area contributed by atoms with E-state index < -0.39 is 62.2 Å². The van der Waals surface area contributed by atoms with Crippen LogP contribution >= 0.6 is 0 Å². The van der Waals surface area contributed by atoms with Crippen LogP contribution in [0.5, 0.6) is 5.75 Å². The first-order valence-corrected chi connectivity index (χ1v) is 7.40. The van der Waals surface area contributed by atoms with E-state index in [0.717, 1.165) is 24.3 Å². The minimum absolute atomic E-state index is 0.00286. The van der Waals surface area contributed by atoms with Gasteiger partial charge in [-0.3, -0.25) is 25.0 Å². The number of nitrogens with zero attached hydrogens (tertiary/aromatic N) is 2. The molecule has 0 aliphatic carbocycles. The third-order valence-corrected chi connectivity index (χ3v) is 3.41. The summed E-state index contributed by atoms with van der Waals surface area (Å²) in [4.78, 5) is 31.7. The second kappa shape index (κ2) is 7.84. The molecule has 2 aromatic carbocycles. The van der Waals surface area contributed by atoms with Crippen LogP contribution in [0.25, 0.3) is 0 Å². The van der Waals surface area contributed by atoms with Crippen molar-refractivity contribution in [3.63, 3.8) is 0 Å². The van der Waals surface area contributed by atoms with E-state index in [4.69, 9.17) is 0 Å². The first kappa shape index (κ1) is 22.4. The van der Waals surface area contributed by atoms with E-state index in [0.29, 0.717) is 0 Å². The van der Waals surface area contributed by atoms with Gasteiger partial charge in [0.15, 0.2) is 5.69 Å². The predicted molar refractivity (Wildman–Crippen MR) is 85.8 cm³/mol. The number of carbonyl (C=O) groups is 1. The monoisotopic (exact) mass is 439 g/mol. The van der Waals surface area contributed by atoms with Crippen molar-refractivity contribution in [3.05, 3.63) is 67.8 Å². The molecule has 1 N–H and O–H groups in total. The lowest BCUT2D eigenvalue weighted by molar-refractivity contribution is -0.392. The van der Waals surface area contributed by atoms with E-state index in [9.17, 15) is 51.4 Å². The number of ether oxygens (including phenoxy) is 1. The summed E-state index contributed by atoms with van der Waals surface area (Å²) >= 11 is 0. The van der Waals surface area contributed by atoms with Crippen molar-refractivity contribution in [3.8, 4) is 5.75 Å². The third kappa shape index (κ3) is 5.33. The normalized spacial score (nSPS) is 11.7. The molecule has 2 aromatic rings. The Morgan fingerprint density at radius 3 is 1.73 bits per heavy atom. The van der Waals surface area contributed by atoms with Gasteiger partial charge in [-0.2, -0.15) is 13.2 Å². The summed E-state index contributed by atoms with van der Waals surface area (Å²) < 4.78 is 78.6. The SMILES string of the molecule is O=C(Nc1c([N+](=O)[O-])cc(C(F)(F)F)cc1[N+](=O)[O-])c1ccc(OC(F)(F)F)cc1. The summed E-state index contributed by atoms with van der Waals surface area (Å²) in [6.45, 7) is 0. The molecule has 0 saturated carbocycles. The van der Waals surface area contributed by atoms with Crippen molar-refractivity contribution >= 4 is 23.0 Å². The molecule has 0 atom stereocenters. The van der Waals surface area contributed by atoms with E-state index in [1.54, 1.807) is 5.32 Å². The maximum atomic E-state index is 12.9. The highest BCUT2D eigenvalue weighted by molar-refractivity contribution is 6.07. The molecule has 0 aliphatic heterocycles. The van der Waals surface area contributed by atoms with Crippen molar-refractivity contribution in [2.24, 2.45) is 0 Å². The fourth-order valence-corrected chi connectivity index (χ4v) is 2.19. The Hall–Kier alpha value is -3.91. The van der Waals surface area contributed by atoms with Gasteiger partial charge in [-0.1, -0.05) is 0 Å². The average molecular weight is 439 g/mol. The van der Waals surface area contributed by atoms with Gasteiger partial charge in [-0.25, -0.2) is 0 Å². The average Bonchev–Trinajstić information content (AvgIpc) is 2.59. The van der Waals surface area contributed by atoms with E-state index in [1.807, 2.05) is 0 Å². The number of hydrogen-bond donors (Lipinski definition) is 1. The molecule has 0 radical (unpaired) electrons. The van der Waals surface area contributed by atoms with Crippen LogP contribution < -0.4 is 10.1 Å². The number of nitrogens with one attached hydrogen (secondary N) is 1. The summed E-state index contributed by atoms with van der Waals surface area (Å²) in [7, 11) is 0. The van der Waals surface area contributed by atoms with E-state index >= 15 is 0 Å². The van der Waals surface area contributed by atoms with Crippen LogP contribution in [0, 0.1) is 20.2 Å². The first-order valence-electron chi connectivity index (χ1n) is 7.40. The Balaban J connectivity index is 2.45. The number of alkyl halides is 6. The van der Waals surface area contributed by atoms with Gasteiger partial charge < -0.3 is 10.1 Å². The number of anilines is 1. The van der Waals surface area contributed by atoms with Gasteiger partial charge in [0.25, 0.3) is 5.91 Å². The highest BCUT2D eigenvalue weighted by Gasteiger charge is 2.38. The summed E-state index contributed by atoms with van der Waals surface area (Å²) in [5.74, 6) is -1.97. The van der Waals surface area contributed by atoms with Gasteiger partial charge >= 0.3 is 23.9 Å². The smallest absolute Gasteiger partial charge is 0.406 e. The summed E-state index contributed by atoms with van der Waals surface area (Å²) in [6.07, 6.45) is -10.2. The zero-order valence-corrected chi connectivity index (χ0v) is 14.1. The standard InChI is InChI=1S/C15H7F6N3O6/c16-14(17,18)8-5-10(23(26)27)12(11(6-8)24(28)29)22-13(25)7-1-3-9(4-2-7)30-15(19,20)21/h1-6H,(H,22,25). The van der Waals surface area contributed by atoms with Gasteiger partial charge in [0.05, 0.1) is 15.4 Å². The lowest BCUT2D eigenvalue weighted by Gasteiger charge is -2.11. The van der Waals surface area contributed by atoms with Gasteiger partial charge in [-0.15, -0.1) is 13.2 Å². The fourth-order valence-electron chi connectivity index (χ4n) is 2.19. The molecule has 0 fully saturated rings. The highest BCUT2D eigenvalue weighted by Crippen LogP contribution is 2.41. The van der Waals surface area contributed by atoms with Crippen molar-refractivity contribution in [2.45, 2.75) is 12.5 Å². The number of halogens is 6. The number of rotatable bonds is 5. The second-order valence-corrected chi connectivity index (χ2v) is 5.43. The number of benzene rings is 2. The van der Waals surface area contributed by atoms with Crippen molar-refractivity contribution in [2.75, 3.05) is 5.32 Å². The Bertz CT molecular complexity index is 968. The predicted octanol–water partition coefficient (Wildman–Crippen LogP) is 4.67. The molecule has 0 bridgehead atoms. The lowest BCUT2D eigenvalue weighted by Crippen LogP contribution is -2.18. The van der Waals surface area contributed by atoms with Crippen molar-refractivity contribution in [1.82, 2.24) is 0 Å². The Kier molecular flexibility index (Phi) is 5.85. The summed E-state index contributed by atoms with van der Waals surface area (Å²) in [5.41, 5.74) is -6.03. The van der Waals surface area contributed by atoms with E-state index in [1.165, 1.54) is 0 Å². The lowest BCUT2D eigenvalue weighted by atomic mass is 10.1. The summed E-state index contributed by atoms with van der Waals surface area (Å²) in [5, 5.41) is 24.0. The molecular weight excluding hydrogens is 432 g/mol. The van der Waals surface area contributed by atoms with Gasteiger partial charge in [-0.05, 0) is 24.3 Å². The topological polar surface area (TPSA) is 125 Å². The summed E-state index contributed by atoms with van der Waals surface area (Å²) in [6, 6.07) is 3.05. The molecule has 0 saturated heterocycles. The number of nitro groups is 2.